The maximum Gasteiger partial charge on any atom is 0.140 e. The smallest absolute Gasteiger partial charge is 0.140 e. The van der Waals surface area contributed by atoms with Crippen molar-refractivity contribution in [3.05, 3.63) is 45.4 Å². The lowest BCUT2D eigenvalue weighted by Crippen LogP contribution is -2.11. The van der Waals surface area contributed by atoms with Gasteiger partial charge in [0.2, 0.25) is 0 Å². The Hall–Kier alpha value is -1.39. The molecule has 0 atom stereocenters. The minimum Gasteiger partial charge on any atom is -0.486 e. The first-order chi connectivity index (χ1) is 9.90. The molecule has 3 nitrogen and oxygen atoms in total. The van der Waals surface area contributed by atoms with E-state index in [0.717, 1.165) is 22.9 Å². The molecule has 21 heavy (non-hydrogen) atoms. The maximum atomic E-state index is 5.95. The van der Waals surface area contributed by atoms with E-state index in [4.69, 9.17) is 10.5 Å². The molecule has 2 aromatic rings. The Morgan fingerprint density at radius 1 is 1.29 bits per heavy atom. The number of ether oxygens (including phenoxy) is 1. The second-order valence-corrected chi connectivity index (χ2v) is 7.26. The van der Waals surface area contributed by atoms with Crippen LogP contribution in [0, 0.1) is 6.92 Å². The minimum atomic E-state index is 0.0866. The summed E-state index contributed by atoms with van der Waals surface area (Å²) in [5, 5.41) is 3.13. The van der Waals surface area contributed by atoms with Crippen LogP contribution in [0.3, 0.4) is 0 Å². The van der Waals surface area contributed by atoms with Gasteiger partial charge in [-0.1, -0.05) is 38.5 Å². The standard InChI is InChI=1S/C17H24N2OS/c1-12-5-6-14(13(9-12)7-8-18)20-10-16-19-15(11-21-16)17(2,3)4/h5-6,9,11H,7-8,10,18H2,1-4H3. The number of rotatable bonds is 5. The molecule has 0 radical (unpaired) electrons. The number of aryl methyl sites for hydroxylation is 1. The van der Waals surface area contributed by atoms with Gasteiger partial charge in [-0.15, -0.1) is 11.3 Å². The SMILES string of the molecule is Cc1ccc(OCc2nc(C(C)(C)C)cs2)c(CCN)c1. The van der Waals surface area contributed by atoms with E-state index in [0.29, 0.717) is 13.2 Å². The van der Waals surface area contributed by atoms with Crippen LogP contribution >= 0.6 is 11.3 Å². The molecule has 0 bridgehead atoms. The molecule has 0 saturated carbocycles. The van der Waals surface area contributed by atoms with Gasteiger partial charge in [-0.25, -0.2) is 4.98 Å². The number of thiazole rings is 1. The fraction of sp³-hybridized carbons (Fsp3) is 0.471. The molecular weight excluding hydrogens is 280 g/mol. The Bertz CT molecular complexity index is 599. The van der Waals surface area contributed by atoms with Crippen molar-refractivity contribution in [2.45, 2.75) is 46.1 Å². The molecule has 0 aliphatic rings. The summed E-state index contributed by atoms with van der Waals surface area (Å²) in [4.78, 5) is 4.66. The molecule has 0 aliphatic carbocycles. The predicted octanol–water partition coefficient (Wildman–Crippen LogP) is 3.83. The number of aromatic nitrogens is 1. The first-order valence-electron chi connectivity index (χ1n) is 7.27. The van der Waals surface area contributed by atoms with E-state index in [-0.39, 0.29) is 5.41 Å². The number of nitrogens with zero attached hydrogens (tertiary/aromatic N) is 1. The highest BCUT2D eigenvalue weighted by Gasteiger charge is 2.17. The van der Waals surface area contributed by atoms with Crippen molar-refractivity contribution in [2.24, 2.45) is 5.73 Å². The van der Waals surface area contributed by atoms with Gasteiger partial charge < -0.3 is 10.5 Å². The zero-order valence-corrected chi connectivity index (χ0v) is 14.1. The van der Waals surface area contributed by atoms with Crippen molar-refractivity contribution >= 4 is 11.3 Å². The predicted molar refractivity (Wildman–Crippen MR) is 89.1 cm³/mol. The monoisotopic (exact) mass is 304 g/mol. The average Bonchev–Trinajstić information content (AvgIpc) is 2.87. The summed E-state index contributed by atoms with van der Waals surface area (Å²) in [5.41, 5.74) is 9.28. The summed E-state index contributed by atoms with van der Waals surface area (Å²) in [6.07, 6.45) is 0.835. The van der Waals surface area contributed by atoms with Gasteiger partial charge in [0.25, 0.3) is 0 Å². The van der Waals surface area contributed by atoms with E-state index in [1.54, 1.807) is 11.3 Å². The first-order valence-corrected chi connectivity index (χ1v) is 8.15. The lowest BCUT2D eigenvalue weighted by molar-refractivity contribution is 0.301. The highest BCUT2D eigenvalue weighted by Crippen LogP contribution is 2.26. The van der Waals surface area contributed by atoms with Crippen LogP contribution in [-0.4, -0.2) is 11.5 Å². The topological polar surface area (TPSA) is 48.1 Å². The molecule has 0 aliphatic heterocycles. The van der Waals surface area contributed by atoms with Crippen LogP contribution in [-0.2, 0) is 18.4 Å². The van der Waals surface area contributed by atoms with Crippen LogP contribution in [0.2, 0.25) is 0 Å². The Morgan fingerprint density at radius 2 is 2.05 bits per heavy atom. The zero-order valence-electron chi connectivity index (χ0n) is 13.3. The Morgan fingerprint density at radius 3 is 2.67 bits per heavy atom. The molecule has 0 spiro atoms. The van der Waals surface area contributed by atoms with Gasteiger partial charge in [0.15, 0.2) is 0 Å². The van der Waals surface area contributed by atoms with Gasteiger partial charge in [-0.3, -0.25) is 0 Å². The third-order valence-corrected chi connectivity index (χ3v) is 4.12. The van der Waals surface area contributed by atoms with Gasteiger partial charge in [-0.2, -0.15) is 0 Å². The van der Waals surface area contributed by atoms with Gasteiger partial charge in [0, 0.05) is 10.8 Å². The number of benzene rings is 1. The molecule has 114 valence electrons. The molecule has 1 aromatic heterocycles. The normalized spacial score (nSPS) is 11.7. The van der Waals surface area contributed by atoms with Crippen molar-refractivity contribution in [2.75, 3.05) is 6.54 Å². The molecule has 0 unspecified atom stereocenters. The van der Waals surface area contributed by atoms with E-state index in [1.807, 2.05) is 6.07 Å². The van der Waals surface area contributed by atoms with E-state index in [9.17, 15) is 0 Å². The van der Waals surface area contributed by atoms with E-state index in [2.05, 4.69) is 50.2 Å². The zero-order chi connectivity index (χ0) is 15.5. The summed E-state index contributed by atoms with van der Waals surface area (Å²) in [6.45, 7) is 9.75. The quantitative estimate of drug-likeness (QED) is 0.913. The second kappa shape index (κ2) is 6.58. The van der Waals surface area contributed by atoms with E-state index >= 15 is 0 Å². The first kappa shape index (κ1) is 16.0. The Kier molecular flexibility index (Phi) is 5.01. The van der Waals surface area contributed by atoms with Crippen LogP contribution in [0.25, 0.3) is 0 Å². The van der Waals surface area contributed by atoms with Crippen molar-refractivity contribution in [1.29, 1.82) is 0 Å². The summed E-state index contributed by atoms with van der Waals surface area (Å²) >= 11 is 1.66. The highest BCUT2D eigenvalue weighted by molar-refractivity contribution is 7.09. The van der Waals surface area contributed by atoms with Crippen LogP contribution in [0.4, 0.5) is 0 Å². The average molecular weight is 304 g/mol. The third-order valence-electron chi connectivity index (χ3n) is 3.30. The van der Waals surface area contributed by atoms with Gasteiger partial charge in [0.1, 0.15) is 17.4 Å². The fourth-order valence-electron chi connectivity index (χ4n) is 2.06. The molecule has 0 amide bonds. The molecule has 0 saturated heterocycles. The number of nitrogens with two attached hydrogens (primary N) is 1. The number of hydrogen-bond acceptors (Lipinski definition) is 4. The minimum absolute atomic E-state index is 0.0866. The molecule has 1 heterocycles. The summed E-state index contributed by atoms with van der Waals surface area (Å²) < 4.78 is 5.95. The second-order valence-electron chi connectivity index (χ2n) is 6.32. The Balaban J connectivity index is 2.08. The number of hydrogen-bond donors (Lipinski definition) is 1. The molecule has 0 fully saturated rings. The third kappa shape index (κ3) is 4.29. The van der Waals surface area contributed by atoms with E-state index in [1.165, 1.54) is 11.1 Å². The van der Waals surface area contributed by atoms with Crippen LogP contribution in [0.1, 0.15) is 42.6 Å². The van der Waals surface area contributed by atoms with Gasteiger partial charge in [0.05, 0.1) is 5.69 Å². The van der Waals surface area contributed by atoms with Crippen molar-refractivity contribution in [3.63, 3.8) is 0 Å². The molecule has 1 aromatic carbocycles. The fourth-order valence-corrected chi connectivity index (χ4v) is 2.99. The highest BCUT2D eigenvalue weighted by atomic mass is 32.1. The van der Waals surface area contributed by atoms with Crippen LogP contribution < -0.4 is 10.5 Å². The summed E-state index contributed by atoms with van der Waals surface area (Å²) in [7, 11) is 0. The van der Waals surface area contributed by atoms with Crippen LogP contribution in [0.5, 0.6) is 5.75 Å². The van der Waals surface area contributed by atoms with E-state index < -0.39 is 0 Å². The van der Waals surface area contributed by atoms with Crippen molar-refractivity contribution in [1.82, 2.24) is 4.98 Å². The van der Waals surface area contributed by atoms with Crippen LogP contribution in [0.15, 0.2) is 23.6 Å². The molecule has 2 N–H and O–H groups in total. The van der Waals surface area contributed by atoms with Gasteiger partial charge in [-0.05, 0) is 31.5 Å². The van der Waals surface area contributed by atoms with Gasteiger partial charge >= 0.3 is 0 Å². The summed E-state index contributed by atoms with van der Waals surface area (Å²) in [5.74, 6) is 0.915. The molecule has 2 rings (SSSR count). The van der Waals surface area contributed by atoms with Crippen molar-refractivity contribution < 1.29 is 4.74 Å². The maximum absolute atomic E-state index is 5.95. The molecular formula is C17H24N2OS. The lowest BCUT2D eigenvalue weighted by atomic mass is 9.93. The largest absolute Gasteiger partial charge is 0.486 e. The molecule has 4 heteroatoms. The Labute approximate surface area is 131 Å². The van der Waals surface area contributed by atoms with Crippen molar-refractivity contribution in [3.8, 4) is 5.75 Å². The summed E-state index contributed by atoms with van der Waals surface area (Å²) in [6, 6.07) is 6.24. The lowest BCUT2D eigenvalue weighted by Gasteiger charge is -2.14.